The summed E-state index contributed by atoms with van der Waals surface area (Å²) in [6.07, 6.45) is 10.5. The highest BCUT2D eigenvalue weighted by molar-refractivity contribution is 7.13. The van der Waals surface area contributed by atoms with E-state index in [9.17, 15) is 0 Å². The Kier molecular flexibility index (Phi) is 4.65. The molecule has 0 aromatic carbocycles. The second-order valence-electron chi connectivity index (χ2n) is 8.60. The molecule has 2 bridgehead atoms. The molecule has 7 nitrogen and oxygen atoms in total. The average molecular weight is 452 g/mol. The Morgan fingerprint density at radius 1 is 1.10 bits per heavy atom. The molecular weight excluding hydrogens is 430 g/mol. The van der Waals surface area contributed by atoms with Crippen LogP contribution in [0.5, 0.6) is 0 Å². The standard InChI is InChI=1S/C22H22ClN7S/c1-11-12-2-4-13(5-3-12)18(11)29-17-8-15(22-24-6-7-31-22)27-20(30-17)14-9-25-21-19(14)28-16(23)10-26-21/h6-13,18H,2-5H2,1H3,(H,25,26)(H,27,29,30)/t11-,12?,13?,18+/m0/s1. The quantitative estimate of drug-likeness (QED) is 0.430. The number of halogens is 1. The minimum Gasteiger partial charge on any atom is -0.367 e. The average Bonchev–Trinajstić information content (AvgIpc) is 3.46. The Morgan fingerprint density at radius 2 is 1.94 bits per heavy atom. The number of hydrogen-bond donors (Lipinski definition) is 2. The van der Waals surface area contributed by atoms with Crippen LogP contribution in [-0.4, -0.2) is 35.9 Å². The molecule has 3 aliphatic rings. The molecule has 0 spiro atoms. The maximum Gasteiger partial charge on any atom is 0.166 e. The van der Waals surface area contributed by atoms with Crippen LogP contribution in [0, 0.1) is 17.8 Å². The van der Waals surface area contributed by atoms with Crippen LogP contribution in [-0.2, 0) is 0 Å². The zero-order chi connectivity index (χ0) is 20.9. The van der Waals surface area contributed by atoms with Crippen LogP contribution in [0.1, 0.15) is 32.6 Å². The van der Waals surface area contributed by atoms with Gasteiger partial charge in [0.15, 0.2) is 11.5 Å². The van der Waals surface area contributed by atoms with E-state index in [1.54, 1.807) is 17.5 Å². The molecular formula is C22H22ClN7S. The lowest BCUT2D eigenvalue weighted by atomic mass is 9.62. The normalized spacial score (nSPS) is 25.2. The van der Waals surface area contributed by atoms with Crippen LogP contribution in [0.2, 0.25) is 5.15 Å². The van der Waals surface area contributed by atoms with Gasteiger partial charge in [-0.3, -0.25) is 0 Å². The Morgan fingerprint density at radius 3 is 2.71 bits per heavy atom. The highest BCUT2D eigenvalue weighted by Crippen LogP contribution is 2.46. The highest BCUT2D eigenvalue weighted by Gasteiger charge is 2.41. The van der Waals surface area contributed by atoms with Crippen LogP contribution >= 0.6 is 22.9 Å². The molecule has 3 fully saturated rings. The minimum atomic E-state index is 0.342. The number of aromatic nitrogens is 6. The molecule has 0 amide bonds. The molecule has 2 N–H and O–H groups in total. The van der Waals surface area contributed by atoms with E-state index >= 15 is 0 Å². The van der Waals surface area contributed by atoms with E-state index in [0.29, 0.717) is 40.0 Å². The summed E-state index contributed by atoms with van der Waals surface area (Å²) in [5.74, 6) is 3.59. The van der Waals surface area contributed by atoms with Crippen molar-refractivity contribution in [2.24, 2.45) is 17.8 Å². The van der Waals surface area contributed by atoms with Gasteiger partial charge >= 0.3 is 0 Å². The van der Waals surface area contributed by atoms with Gasteiger partial charge < -0.3 is 10.3 Å². The van der Waals surface area contributed by atoms with Gasteiger partial charge in [-0.1, -0.05) is 18.5 Å². The molecule has 0 radical (unpaired) electrons. The van der Waals surface area contributed by atoms with Gasteiger partial charge in [0.25, 0.3) is 0 Å². The SMILES string of the molecule is C[C@H]1C2CCC(CC2)[C@@H]1Nc1cc(-c2nccs2)nc(-c2c[nH]c3ncc(Cl)nc23)n1. The maximum atomic E-state index is 6.11. The van der Waals surface area contributed by atoms with Crippen molar-refractivity contribution in [1.29, 1.82) is 0 Å². The molecule has 0 saturated heterocycles. The maximum absolute atomic E-state index is 6.11. The molecule has 3 saturated carbocycles. The third kappa shape index (κ3) is 3.38. The lowest BCUT2D eigenvalue weighted by Gasteiger charge is -2.47. The van der Waals surface area contributed by atoms with Crippen molar-refractivity contribution in [2.75, 3.05) is 5.32 Å². The number of nitrogens with zero attached hydrogens (tertiary/aromatic N) is 5. The summed E-state index contributed by atoms with van der Waals surface area (Å²) in [4.78, 5) is 26.1. The third-order valence-electron chi connectivity index (χ3n) is 6.92. The van der Waals surface area contributed by atoms with Gasteiger partial charge in [-0.2, -0.15) is 0 Å². The molecule has 4 aromatic rings. The number of rotatable bonds is 4. The van der Waals surface area contributed by atoms with Gasteiger partial charge in [0.05, 0.1) is 11.8 Å². The predicted octanol–water partition coefficient (Wildman–Crippen LogP) is 5.43. The Balaban J connectivity index is 1.44. The molecule has 2 atom stereocenters. The lowest BCUT2D eigenvalue weighted by molar-refractivity contribution is 0.0928. The Hall–Kier alpha value is -2.58. The number of aromatic amines is 1. The number of thiazole rings is 1. The van der Waals surface area contributed by atoms with Gasteiger partial charge in [0.1, 0.15) is 27.2 Å². The van der Waals surface area contributed by atoms with Gasteiger partial charge in [-0.15, -0.1) is 11.3 Å². The summed E-state index contributed by atoms with van der Waals surface area (Å²) in [7, 11) is 0. The summed E-state index contributed by atoms with van der Waals surface area (Å²) < 4.78 is 0. The number of nitrogens with one attached hydrogen (secondary N) is 2. The number of anilines is 1. The number of fused-ring (bicyclic) bond motifs is 4. The first kappa shape index (κ1) is 19.1. The van der Waals surface area contributed by atoms with Crippen LogP contribution in [0.4, 0.5) is 5.82 Å². The van der Waals surface area contributed by atoms with Crippen molar-refractivity contribution >= 4 is 39.9 Å². The number of H-pyrrole nitrogens is 1. The molecule has 4 aromatic heterocycles. The van der Waals surface area contributed by atoms with Gasteiger partial charge in [-0.05, 0) is 43.4 Å². The fourth-order valence-corrected chi connectivity index (χ4v) is 6.04. The molecule has 7 rings (SSSR count). The summed E-state index contributed by atoms with van der Waals surface area (Å²) in [5.41, 5.74) is 2.92. The first-order valence-corrected chi connectivity index (χ1v) is 12.0. The van der Waals surface area contributed by atoms with E-state index in [2.05, 4.69) is 32.2 Å². The molecule has 158 valence electrons. The minimum absolute atomic E-state index is 0.342. The third-order valence-corrected chi connectivity index (χ3v) is 7.90. The lowest BCUT2D eigenvalue weighted by Crippen LogP contribution is -2.47. The van der Waals surface area contributed by atoms with Crippen LogP contribution < -0.4 is 5.32 Å². The van der Waals surface area contributed by atoms with Crippen molar-refractivity contribution in [3.63, 3.8) is 0 Å². The topological polar surface area (TPSA) is 92.3 Å². The molecule has 4 heterocycles. The highest BCUT2D eigenvalue weighted by atomic mass is 35.5. The Labute approximate surface area is 188 Å². The van der Waals surface area contributed by atoms with E-state index in [1.165, 1.54) is 31.9 Å². The fraction of sp³-hybridized carbons (Fsp3) is 0.409. The zero-order valence-electron chi connectivity index (χ0n) is 17.0. The second kappa shape index (κ2) is 7.53. The van der Waals surface area contributed by atoms with Crippen molar-refractivity contribution in [2.45, 2.75) is 38.6 Å². The first-order chi connectivity index (χ1) is 15.2. The van der Waals surface area contributed by atoms with Gasteiger partial charge in [0, 0.05) is 29.9 Å². The summed E-state index contributed by atoms with van der Waals surface area (Å²) in [5, 5.41) is 6.95. The molecule has 31 heavy (non-hydrogen) atoms. The summed E-state index contributed by atoms with van der Waals surface area (Å²) in [6.45, 7) is 2.38. The second-order valence-corrected chi connectivity index (χ2v) is 9.88. The van der Waals surface area contributed by atoms with Crippen LogP contribution in [0.3, 0.4) is 0 Å². The van der Waals surface area contributed by atoms with E-state index in [-0.39, 0.29) is 0 Å². The van der Waals surface area contributed by atoms with Crippen LogP contribution in [0.25, 0.3) is 33.3 Å². The zero-order valence-corrected chi connectivity index (χ0v) is 18.6. The van der Waals surface area contributed by atoms with Crippen molar-refractivity contribution in [3.05, 3.63) is 35.2 Å². The van der Waals surface area contributed by atoms with Crippen molar-refractivity contribution in [1.82, 2.24) is 29.9 Å². The smallest absolute Gasteiger partial charge is 0.166 e. The van der Waals surface area contributed by atoms with E-state index in [0.717, 1.165) is 28.0 Å². The van der Waals surface area contributed by atoms with E-state index < -0.39 is 0 Å². The van der Waals surface area contributed by atoms with E-state index in [4.69, 9.17) is 21.6 Å². The predicted molar refractivity (Wildman–Crippen MR) is 123 cm³/mol. The largest absolute Gasteiger partial charge is 0.367 e. The first-order valence-electron chi connectivity index (χ1n) is 10.7. The molecule has 0 aliphatic heterocycles. The number of hydrogen-bond acceptors (Lipinski definition) is 7. The molecule has 9 heteroatoms. The fourth-order valence-electron chi connectivity index (χ4n) is 5.31. The summed E-state index contributed by atoms with van der Waals surface area (Å²) >= 11 is 7.68. The van der Waals surface area contributed by atoms with Crippen molar-refractivity contribution < 1.29 is 0 Å². The summed E-state index contributed by atoms with van der Waals surface area (Å²) in [6, 6.07) is 2.46. The van der Waals surface area contributed by atoms with Crippen molar-refractivity contribution in [3.8, 4) is 22.1 Å². The Bertz CT molecular complexity index is 1230. The monoisotopic (exact) mass is 451 g/mol. The van der Waals surface area contributed by atoms with Gasteiger partial charge in [0.2, 0.25) is 0 Å². The van der Waals surface area contributed by atoms with Crippen LogP contribution in [0.15, 0.2) is 30.0 Å². The van der Waals surface area contributed by atoms with E-state index in [1.807, 2.05) is 17.6 Å². The molecule has 3 aliphatic carbocycles. The van der Waals surface area contributed by atoms with Gasteiger partial charge in [-0.25, -0.2) is 24.9 Å². The molecule has 0 unspecified atom stereocenters.